The molecule has 1 rings (SSSR count). The molecule has 0 spiro atoms. The Balaban J connectivity index is 3.23. The predicted octanol–water partition coefficient (Wildman–Crippen LogP) is 2.53. The molecule has 0 aliphatic rings. The minimum Gasteiger partial charge on any atom is -0.493 e. The lowest BCUT2D eigenvalue weighted by Crippen LogP contribution is -2.01. The molecule has 90 valence electrons. The van der Waals surface area contributed by atoms with E-state index in [2.05, 4.69) is 15.9 Å². The molecule has 16 heavy (non-hydrogen) atoms. The number of halogens is 2. The van der Waals surface area contributed by atoms with E-state index >= 15 is 0 Å². The number of rotatable bonds is 5. The van der Waals surface area contributed by atoms with Crippen molar-refractivity contribution in [2.45, 2.75) is 12.8 Å². The minimum absolute atomic E-state index is 0.0113. The molecule has 0 saturated carbocycles. The van der Waals surface area contributed by atoms with Gasteiger partial charge in [0.05, 0.1) is 18.7 Å². The Morgan fingerprint density at radius 2 is 2.06 bits per heavy atom. The quantitative estimate of drug-likeness (QED) is 0.906. The zero-order valence-corrected chi connectivity index (χ0v) is 10.8. The number of hydrogen-bond acceptors (Lipinski definition) is 3. The molecule has 0 bridgehead atoms. The Morgan fingerprint density at radius 3 is 2.56 bits per heavy atom. The summed E-state index contributed by atoms with van der Waals surface area (Å²) >= 11 is 3.12. The Kier molecular flexibility index (Phi) is 5.02. The van der Waals surface area contributed by atoms with Gasteiger partial charge in [0.25, 0.3) is 0 Å². The predicted molar refractivity (Wildman–Crippen MR) is 62.6 cm³/mol. The van der Waals surface area contributed by atoms with E-state index in [9.17, 15) is 4.39 Å². The number of aliphatic hydroxyl groups is 1. The molecule has 1 N–H and O–H groups in total. The van der Waals surface area contributed by atoms with Gasteiger partial charge in [0, 0.05) is 18.2 Å². The summed E-state index contributed by atoms with van der Waals surface area (Å²) in [5, 5.41) is 8.77. The summed E-state index contributed by atoms with van der Waals surface area (Å²) in [5.74, 6) is 0.492. The van der Waals surface area contributed by atoms with Crippen LogP contribution in [0.25, 0.3) is 0 Å². The number of ether oxygens (including phenoxy) is 2. The van der Waals surface area contributed by atoms with Gasteiger partial charge in [-0.25, -0.2) is 4.39 Å². The SMILES string of the molecule is COc1cc(Br)c(F)c(CCCO)c1OC. The summed E-state index contributed by atoms with van der Waals surface area (Å²) in [6.07, 6.45) is 0.883. The van der Waals surface area contributed by atoms with Gasteiger partial charge >= 0.3 is 0 Å². The zero-order valence-electron chi connectivity index (χ0n) is 9.22. The number of benzene rings is 1. The van der Waals surface area contributed by atoms with Crippen molar-refractivity contribution in [2.24, 2.45) is 0 Å². The van der Waals surface area contributed by atoms with Crippen LogP contribution in [0.2, 0.25) is 0 Å². The summed E-state index contributed by atoms with van der Waals surface area (Å²) in [4.78, 5) is 0. The Hall–Kier alpha value is -0.810. The van der Waals surface area contributed by atoms with E-state index in [1.54, 1.807) is 0 Å². The van der Waals surface area contributed by atoms with Crippen LogP contribution < -0.4 is 9.47 Å². The average Bonchev–Trinajstić information content (AvgIpc) is 2.30. The van der Waals surface area contributed by atoms with Crippen molar-refractivity contribution < 1.29 is 19.0 Å². The van der Waals surface area contributed by atoms with Gasteiger partial charge in [-0.3, -0.25) is 0 Å². The second kappa shape index (κ2) is 6.06. The third kappa shape index (κ3) is 2.65. The van der Waals surface area contributed by atoms with Crippen molar-refractivity contribution in [2.75, 3.05) is 20.8 Å². The van der Waals surface area contributed by atoms with E-state index < -0.39 is 0 Å². The third-order valence-electron chi connectivity index (χ3n) is 2.24. The molecule has 0 aromatic heterocycles. The maximum atomic E-state index is 13.8. The smallest absolute Gasteiger partial charge is 0.166 e. The second-order valence-corrected chi connectivity index (χ2v) is 4.07. The summed E-state index contributed by atoms with van der Waals surface area (Å²) in [7, 11) is 2.96. The lowest BCUT2D eigenvalue weighted by atomic mass is 10.1. The fourth-order valence-electron chi connectivity index (χ4n) is 1.49. The van der Waals surface area contributed by atoms with Crippen LogP contribution in [0.5, 0.6) is 11.5 Å². The largest absolute Gasteiger partial charge is 0.493 e. The van der Waals surface area contributed by atoms with Gasteiger partial charge < -0.3 is 14.6 Å². The molecule has 5 heteroatoms. The molecule has 0 amide bonds. The fourth-order valence-corrected chi connectivity index (χ4v) is 1.94. The highest BCUT2D eigenvalue weighted by Gasteiger charge is 2.18. The lowest BCUT2D eigenvalue weighted by molar-refractivity contribution is 0.286. The minimum atomic E-state index is -0.369. The highest BCUT2D eigenvalue weighted by Crippen LogP contribution is 2.37. The normalized spacial score (nSPS) is 10.3. The van der Waals surface area contributed by atoms with Crippen molar-refractivity contribution in [3.05, 3.63) is 21.9 Å². The molecule has 0 radical (unpaired) electrons. The summed E-state index contributed by atoms with van der Waals surface area (Å²) in [5.41, 5.74) is 0.419. The highest BCUT2D eigenvalue weighted by atomic mass is 79.9. The van der Waals surface area contributed by atoms with Crippen molar-refractivity contribution in [1.82, 2.24) is 0 Å². The van der Waals surface area contributed by atoms with Crippen LogP contribution in [-0.4, -0.2) is 25.9 Å². The van der Waals surface area contributed by atoms with Gasteiger partial charge in [-0.05, 0) is 28.8 Å². The second-order valence-electron chi connectivity index (χ2n) is 3.21. The molecule has 3 nitrogen and oxygen atoms in total. The van der Waals surface area contributed by atoms with Gasteiger partial charge in [-0.15, -0.1) is 0 Å². The first kappa shape index (κ1) is 13.3. The van der Waals surface area contributed by atoms with Crippen LogP contribution in [0, 0.1) is 5.82 Å². The molecule has 0 aliphatic heterocycles. The molecule has 0 fully saturated rings. The van der Waals surface area contributed by atoms with E-state index in [4.69, 9.17) is 14.6 Å². The van der Waals surface area contributed by atoms with Crippen LogP contribution in [0.3, 0.4) is 0 Å². The van der Waals surface area contributed by atoms with Gasteiger partial charge in [-0.2, -0.15) is 0 Å². The molecular weight excluding hydrogens is 279 g/mol. The van der Waals surface area contributed by atoms with E-state index in [0.717, 1.165) is 0 Å². The first-order chi connectivity index (χ1) is 7.65. The third-order valence-corrected chi connectivity index (χ3v) is 2.82. The maximum absolute atomic E-state index is 13.8. The van der Waals surface area contributed by atoms with Crippen LogP contribution in [0.15, 0.2) is 10.5 Å². The topological polar surface area (TPSA) is 38.7 Å². The highest BCUT2D eigenvalue weighted by molar-refractivity contribution is 9.10. The van der Waals surface area contributed by atoms with Gasteiger partial charge in [0.2, 0.25) is 0 Å². The monoisotopic (exact) mass is 292 g/mol. The zero-order chi connectivity index (χ0) is 12.1. The molecule has 0 atom stereocenters. The van der Waals surface area contributed by atoms with Crippen LogP contribution in [0.4, 0.5) is 4.39 Å². The van der Waals surface area contributed by atoms with Crippen molar-refractivity contribution >= 4 is 15.9 Å². The molecule has 0 saturated heterocycles. The summed E-state index contributed by atoms with van der Waals surface area (Å²) < 4.78 is 24.4. The Labute approximate surface area is 102 Å². The standard InChI is InChI=1S/C11H14BrFO3/c1-15-9-6-8(12)10(13)7(4-3-5-14)11(9)16-2/h6,14H,3-5H2,1-2H3. The first-order valence-corrected chi connectivity index (χ1v) is 5.64. The van der Waals surface area contributed by atoms with Gasteiger partial charge in [-0.1, -0.05) is 0 Å². The van der Waals surface area contributed by atoms with Crippen molar-refractivity contribution in [1.29, 1.82) is 0 Å². The van der Waals surface area contributed by atoms with Crippen LogP contribution in [-0.2, 0) is 6.42 Å². The molecular formula is C11H14BrFO3. The number of aliphatic hydroxyl groups excluding tert-OH is 1. The summed E-state index contributed by atoms with van der Waals surface area (Å²) in [6.45, 7) is 0.0113. The molecule has 0 unspecified atom stereocenters. The first-order valence-electron chi connectivity index (χ1n) is 4.85. The van der Waals surface area contributed by atoms with Crippen molar-refractivity contribution in [3.63, 3.8) is 0 Å². The molecule has 1 aromatic rings. The maximum Gasteiger partial charge on any atom is 0.166 e. The van der Waals surface area contributed by atoms with E-state index in [0.29, 0.717) is 34.4 Å². The van der Waals surface area contributed by atoms with E-state index in [1.165, 1.54) is 20.3 Å². The number of methoxy groups -OCH3 is 2. The van der Waals surface area contributed by atoms with Crippen LogP contribution in [0.1, 0.15) is 12.0 Å². The van der Waals surface area contributed by atoms with Crippen LogP contribution >= 0.6 is 15.9 Å². The molecule has 0 aliphatic carbocycles. The number of hydrogen-bond donors (Lipinski definition) is 1. The molecule has 1 aromatic carbocycles. The van der Waals surface area contributed by atoms with Gasteiger partial charge in [0.15, 0.2) is 11.5 Å². The van der Waals surface area contributed by atoms with Gasteiger partial charge in [0.1, 0.15) is 5.82 Å². The van der Waals surface area contributed by atoms with E-state index in [-0.39, 0.29) is 12.4 Å². The van der Waals surface area contributed by atoms with E-state index in [1.807, 2.05) is 0 Å². The Bertz CT molecular complexity index is 369. The average molecular weight is 293 g/mol. The molecule has 0 heterocycles. The fraction of sp³-hybridized carbons (Fsp3) is 0.455. The lowest BCUT2D eigenvalue weighted by Gasteiger charge is -2.14. The summed E-state index contributed by atoms with van der Waals surface area (Å²) in [6, 6.07) is 1.52. The Morgan fingerprint density at radius 1 is 1.38 bits per heavy atom. The van der Waals surface area contributed by atoms with Crippen molar-refractivity contribution in [3.8, 4) is 11.5 Å².